The second-order valence-corrected chi connectivity index (χ2v) is 1.22. The Morgan fingerprint density at radius 3 is 2.50 bits per heavy atom. The summed E-state index contributed by atoms with van der Waals surface area (Å²) in [6.07, 6.45) is 6.30. The van der Waals surface area contributed by atoms with Crippen LogP contribution in [-0.2, 0) is 0 Å². The van der Waals surface area contributed by atoms with Crippen molar-refractivity contribution in [3.05, 3.63) is 19.1 Å². The van der Waals surface area contributed by atoms with Crippen molar-refractivity contribution in [3.8, 4) is 0 Å². The molecule has 0 aliphatic rings. The van der Waals surface area contributed by atoms with Gasteiger partial charge in [-0.3, -0.25) is 0 Å². The summed E-state index contributed by atoms with van der Waals surface area (Å²) < 4.78 is 0. The van der Waals surface area contributed by atoms with Crippen LogP contribution in [0.2, 0.25) is 0 Å². The average Bonchev–Trinajstić information content (AvgIpc) is 1.61. The molecule has 0 amide bonds. The standard InChI is InChI=1S/C6H11/c1-3-5-6-4-2/h3,6H,1,4-5H2,2H3. The summed E-state index contributed by atoms with van der Waals surface area (Å²) in [6.45, 7) is 5.70. The maximum absolute atomic E-state index is 3.57. The summed E-state index contributed by atoms with van der Waals surface area (Å²) >= 11 is 0. The topological polar surface area (TPSA) is 0 Å². The van der Waals surface area contributed by atoms with Crippen LogP contribution in [0.15, 0.2) is 12.7 Å². The molecule has 0 aromatic rings. The molecule has 0 heterocycles. The lowest BCUT2D eigenvalue weighted by Gasteiger charge is -1.81. The molecule has 35 valence electrons. The van der Waals surface area contributed by atoms with Crippen LogP contribution in [0.3, 0.4) is 0 Å². The summed E-state index contributed by atoms with van der Waals surface area (Å²) in [6, 6.07) is 0. The molecule has 0 aliphatic carbocycles. The molecule has 6 heavy (non-hydrogen) atoms. The first-order chi connectivity index (χ1) is 2.91. The van der Waals surface area contributed by atoms with Crippen LogP contribution in [0.4, 0.5) is 0 Å². The molecule has 0 N–H and O–H groups in total. The molecule has 0 saturated heterocycles. The predicted molar refractivity (Wildman–Crippen MR) is 29.4 cm³/mol. The van der Waals surface area contributed by atoms with Gasteiger partial charge in [0, 0.05) is 0 Å². The summed E-state index contributed by atoms with van der Waals surface area (Å²) in [5.74, 6) is 0. The molecule has 0 aliphatic heterocycles. The van der Waals surface area contributed by atoms with E-state index in [0.29, 0.717) is 0 Å². The van der Waals surface area contributed by atoms with E-state index in [4.69, 9.17) is 0 Å². The summed E-state index contributed by atoms with van der Waals surface area (Å²) in [5.41, 5.74) is 0. The van der Waals surface area contributed by atoms with Gasteiger partial charge < -0.3 is 0 Å². The predicted octanol–water partition coefficient (Wildman–Crippen LogP) is 2.18. The monoisotopic (exact) mass is 83.1 g/mol. The Hall–Kier alpha value is -0.260. The highest BCUT2D eigenvalue weighted by atomic mass is 13.8. The average molecular weight is 83.2 g/mol. The van der Waals surface area contributed by atoms with E-state index >= 15 is 0 Å². The van der Waals surface area contributed by atoms with Crippen molar-refractivity contribution in [3.63, 3.8) is 0 Å². The Bertz CT molecular complexity index is 29.0. The van der Waals surface area contributed by atoms with Gasteiger partial charge in [-0.15, -0.1) is 6.58 Å². The van der Waals surface area contributed by atoms with E-state index in [-0.39, 0.29) is 0 Å². The molecule has 0 atom stereocenters. The van der Waals surface area contributed by atoms with Gasteiger partial charge in [-0.25, -0.2) is 0 Å². The maximum Gasteiger partial charge on any atom is -0.0322 e. The van der Waals surface area contributed by atoms with Gasteiger partial charge in [0.25, 0.3) is 0 Å². The van der Waals surface area contributed by atoms with Crippen molar-refractivity contribution in [2.75, 3.05) is 0 Å². The molecule has 0 aromatic heterocycles. The Morgan fingerprint density at radius 2 is 2.33 bits per heavy atom. The molecule has 0 aromatic carbocycles. The Labute approximate surface area is 39.9 Å². The third-order valence-electron chi connectivity index (χ3n) is 0.622. The lowest BCUT2D eigenvalue weighted by molar-refractivity contribution is 1.03. The second-order valence-electron chi connectivity index (χ2n) is 1.22. The molecule has 0 nitrogen and oxygen atoms in total. The van der Waals surface area contributed by atoms with E-state index in [2.05, 4.69) is 19.9 Å². The van der Waals surface area contributed by atoms with Gasteiger partial charge in [-0.1, -0.05) is 19.4 Å². The van der Waals surface area contributed by atoms with Gasteiger partial charge in [-0.2, -0.15) is 0 Å². The van der Waals surface area contributed by atoms with Crippen molar-refractivity contribution in [1.82, 2.24) is 0 Å². The van der Waals surface area contributed by atoms with Crippen LogP contribution in [0.1, 0.15) is 19.8 Å². The van der Waals surface area contributed by atoms with E-state index < -0.39 is 0 Å². The minimum Gasteiger partial charge on any atom is -0.103 e. The summed E-state index contributed by atoms with van der Waals surface area (Å²) in [7, 11) is 0. The molecule has 0 heteroatoms. The Kier molecular flexibility index (Phi) is 4.53. The molecule has 0 rings (SSSR count). The minimum absolute atomic E-state index is 1.05. The number of hydrogen-bond donors (Lipinski definition) is 0. The Morgan fingerprint density at radius 1 is 1.67 bits per heavy atom. The van der Waals surface area contributed by atoms with Gasteiger partial charge >= 0.3 is 0 Å². The van der Waals surface area contributed by atoms with E-state index in [1.165, 1.54) is 0 Å². The fraction of sp³-hybridized carbons (Fsp3) is 0.500. The van der Waals surface area contributed by atoms with Gasteiger partial charge in [0.2, 0.25) is 0 Å². The van der Waals surface area contributed by atoms with Gasteiger partial charge in [0.1, 0.15) is 0 Å². The van der Waals surface area contributed by atoms with E-state index in [1.807, 2.05) is 6.08 Å². The highest BCUT2D eigenvalue weighted by molar-refractivity contribution is 4.75. The zero-order chi connectivity index (χ0) is 4.83. The first-order valence-corrected chi connectivity index (χ1v) is 2.34. The van der Waals surface area contributed by atoms with Crippen molar-refractivity contribution in [2.24, 2.45) is 0 Å². The summed E-state index contributed by atoms with van der Waals surface area (Å²) in [4.78, 5) is 0. The number of allylic oxidation sites excluding steroid dienone is 1. The highest BCUT2D eigenvalue weighted by Crippen LogP contribution is 1.89. The van der Waals surface area contributed by atoms with E-state index in [0.717, 1.165) is 12.8 Å². The smallest absolute Gasteiger partial charge is 0.0322 e. The van der Waals surface area contributed by atoms with Crippen LogP contribution < -0.4 is 0 Å². The summed E-state index contributed by atoms with van der Waals surface area (Å²) in [5, 5.41) is 0. The Balaban J connectivity index is 2.49. The maximum atomic E-state index is 3.57. The first kappa shape index (κ1) is 5.74. The quantitative estimate of drug-likeness (QED) is 0.362. The first-order valence-electron chi connectivity index (χ1n) is 2.34. The minimum atomic E-state index is 1.05. The number of unbranched alkanes of at least 4 members (excludes halogenated alkanes) is 2. The third kappa shape index (κ3) is 3.74. The van der Waals surface area contributed by atoms with Crippen molar-refractivity contribution in [2.45, 2.75) is 19.8 Å². The van der Waals surface area contributed by atoms with Crippen LogP contribution >= 0.6 is 0 Å². The van der Waals surface area contributed by atoms with Crippen LogP contribution in [0.5, 0.6) is 0 Å². The zero-order valence-corrected chi connectivity index (χ0v) is 4.28. The van der Waals surface area contributed by atoms with E-state index in [1.54, 1.807) is 0 Å². The fourth-order valence-electron chi connectivity index (χ4n) is 0.285. The van der Waals surface area contributed by atoms with Crippen molar-refractivity contribution in [1.29, 1.82) is 0 Å². The normalized spacial score (nSPS) is 8.17. The van der Waals surface area contributed by atoms with Gasteiger partial charge in [0.05, 0.1) is 0 Å². The lowest BCUT2D eigenvalue weighted by atomic mass is 10.3. The van der Waals surface area contributed by atoms with E-state index in [9.17, 15) is 0 Å². The largest absolute Gasteiger partial charge is 0.103 e. The molecule has 1 radical (unpaired) electrons. The van der Waals surface area contributed by atoms with Crippen LogP contribution in [-0.4, -0.2) is 0 Å². The SMILES string of the molecule is C=CC[CH]CC. The highest BCUT2D eigenvalue weighted by Gasteiger charge is 1.72. The molecular weight excluding hydrogens is 72.1 g/mol. The second kappa shape index (κ2) is 4.74. The lowest BCUT2D eigenvalue weighted by Crippen LogP contribution is -1.63. The number of rotatable bonds is 3. The molecule has 0 fully saturated rings. The van der Waals surface area contributed by atoms with Crippen molar-refractivity contribution >= 4 is 0 Å². The van der Waals surface area contributed by atoms with Crippen molar-refractivity contribution < 1.29 is 0 Å². The van der Waals surface area contributed by atoms with Gasteiger partial charge in [-0.05, 0) is 12.8 Å². The zero-order valence-electron chi connectivity index (χ0n) is 4.28. The molecule has 0 unspecified atom stereocenters. The third-order valence-corrected chi connectivity index (χ3v) is 0.622. The molecular formula is C6H11. The van der Waals surface area contributed by atoms with Gasteiger partial charge in [0.15, 0.2) is 0 Å². The molecule has 0 saturated carbocycles. The fourth-order valence-corrected chi connectivity index (χ4v) is 0.285. The number of hydrogen-bond acceptors (Lipinski definition) is 0. The van der Waals surface area contributed by atoms with Crippen LogP contribution in [0, 0.1) is 6.42 Å². The van der Waals surface area contributed by atoms with Crippen LogP contribution in [0.25, 0.3) is 0 Å². The molecule has 0 bridgehead atoms. The molecule has 0 spiro atoms.